The minimum absolute atomic E-state index is 0.193. The van der Waals surface area contributed by atoms with E-state index < -0.39 is 5.82 Å². The Morgan fingerprint density at radius 2 is 1.88 bits per heavy atom. The van der Waals surface area contributed by atoms with Gasteiger partial charge in [-0.05, 0) is 12.1 Å². The van der Waals surface area contributed by atoms with Crippen molar-refractivity contribution < 1.29 is 13.9 Å². The van der Waals surface area contributed by atoms with Crippen LogP contribution in [0.25, 0.3) is 0 Å². The van der Waals surface area contributed by atoms with Gasteiger partial charge in [-0.3, -0.25) is 0 Å². The molecule has 0 aliphatic carbocycles. The summed E-state index contributed by atoms with van der Waals surface area (Å²) in [6.07, 6.45) is 0. The van der Waals surface area contributed by atoms with E-state index in [0.717, 1.165) is 11.3 Å². The second kappa shape index (κ2) is 5.34. The number of para-hydroxylation sites is 1. The van der Waals surface area contributed by atoms with Gasteiger partial charge in [-0.2, -0.15) is 0 Å². The van der Waals surface area contributed by atoms with Crippen molar-refractivity contribution in [3.05, 3.63) is 59.9 Å². The van der Waals surface area contributed by atoms with Gasteiger partial charge < -0.3 is 9.47 Å². The maximum absolute atomic E-state index is 13.3. The number of hydrogen-bond acceptors (Lipinski definition) is 2. The highest BCUT2D eigenvalue weighted by Gasteiger charge is 2.05. The molecule has 0 fully saturated rings. The summed E-state index contributed by atoms with van der Waals surface area (Å²) in [5.74, 6) is 0.439. The Morgan fingerprint density at radius 1 is 1.12 bits per heavy atom. The van der Waals surface area contributed by atoms with E-state index in [1.807, 2.05) is 24.3 Å². The summed E-state index contributed by atoms with van der Waals surface area (Å²) >= 11 is 0. The van der Waals surface area contributed by atoms with Crippen molar-refractivity contribution in [2.45, 2.75) is 6.61 Å². The topological polar surface area (TPSA) is 18.5 Å². The molecular weight excluding hydrogens is 219 g/mol. The Balaban J connectivity index is 2.10. The molecule has 0 aromatic heterocycles. The van der Waals surface area contributed by atoms with Crippen LogP contribution < -0.4 is 9.47 Å². The van der Waals surface area contributed by atoms with Gasteiger partial charge in [0.05, 0.1) is 7.11 Å². The Hall–Kier alpha value is -2.03. The largest absolute Gasteiger partial charge is 0.496 e. The van der Waals surface area contributed by atoms with Crippen molar-refractivity contribution in [1.29, 1.82) is 0 Å². The second-order valence-corrected chi connectivity index (χ2v) is 3.45. The summed E-state index contributed by atoms with van der Waals surface area (Å²) in [5, 5.41) is 0. The zero-order chi connectivity index (χ0) is 12.1. The van der Waals surface area contributed by atoms with Gasteiger partial charge >= 0.3 is 0 Å². The van der Waals surface area contributed by atoms with Crippen LogP contribution in [0.3, 0.4) is 0 Å². The normalized spacial score (nSPS) is 10.0. The molecule has 1 radical (unpaired) electrons. The number of halogens is 1. The van der Waals surface area contributed by atoms with E-state index in [0.29, 0.717) is 0 Å². The molecule has 87 valence electrons. The van der Waals surface area contributed by atoms with Gasteiger partial charge in [0.15, 0.2) is 11.6 Å². The van der Waals surface area contributed by atoms with Gasteiger partial charge in [-0.25, -0.2) is 4.39 Å². The molecule has 0 unspecified atom stereocenters. The first-order valence-electron chi connectivity index (χ1n) is 5.22. The Labute approximate surface area is 99.6 Å². The van der Waals surface area contributed by atoms with Crippen LogP contribution in [0, 0.1) is 11.9 Å². The fourth-order valence-electron chi connectivity index (χ4n) is 1.49. The monoisotopic (exact) mass is 231 g/mol. The summed E-state index contributed by atoms with van der Waals surface area (Å²) in [6.45, 7) is 0.263. The van der Waals surface area contributed by atoms with Gasteiger partial charge in [0, 0.05) is 11.6 Å². The molecule has 0 atom stereocenters. The number of rotatable bonds is 4. The molecule has 2 nitrogen and oxygen atoms in total. The minimum atomic E-state index is -0.484. The van der Waals surface area contributed by atoms with E-state index in [-0.39, 0.29) is 12.4 Å². The summed E-state index contributed by atoms with van der Waals surface area (Å²) < 4.78 is 23.8. The van der Waals surface area contributed by atoms with Crippen molar-refractivity contribution in [2.24, 2.45) is 0 Å². The van der Waals surface area contributed by atoms with Crippen LogP contribution in [0.1, 0.15) is 5.56 Å². The van der Waals surface area contributed by atoms with Crippen molar-refractivity contribution in [1.82, 2.24) is 0 Å². The van der Waals surface area contributed by atoms with Crippen LogP contribution in [-0.2, 0) is 6.61 Å². The van der Waals surface area contributed by atoms with Crippen LogP contribution in [0.15, 0.2) is 42.5 Å². The van der Waals surface area contributed by atoms with Crippen LogP contribution in [0.4, 0.5) is 4.39 Å². The SMILES string of the molecule is COc1ccccc1COc1ccc[c]c1F. The van der Waals surface area contributed by atoms with Crippen LogP contribution in [0.5, 0.6) is 11.5 Å². The van der Waals surface area contributed by atoms with Crippen molar-refractivity contribution >= 4 is 0 Å². The molecule has 0 saturated heterocycles. The first-order chi connectivity index (χ1) is 8.31. The fraction of sp³-hybridized carbons (Fsp3) is 0.143. The molecule has 0 bridgehead atoms. The Bertz CT molecular complexity index is 497. The molecule has 0 aliphatic rings. The molecule has 2 aromatic rings. The maximum Gasteiger partial charge on any atom is 0.172 e. The lowest BCUT2D eigenvalue weighted by Crippen LogP contribution is -1.99. The van der Waals surface area contributed by atoms with E-state index in [2.05, 4.69) is 6.07 Å². The van der Waals surface area contributed by atoms with Crippen molar-refractivity contribution in [3.8, 4) is 11.5 Å². The number of methoxy groups -OCH3 is 1. The summed E-state index contributed by atoms with van der Waals surface area (Å²) in [5.41, 5.74) is 0.873. The van der Waals surface area contributed by atoms with Gasteiger partial charge in [0.25, 0.3) is 0 Å². The molecule has 17 heavy (non-hydrogen) atoms. The Morgan fingerprint density at radius 3 is 2.65 bits per heavy atom. The second-order valence-electron chi connectivity index (χ2n) is 3.45. The molecular formula is C14H12FO2. The maximum atomic E-state index is 13.3. The summed E-state index contributed by atoms with van der Waals surface area (Å²) in [4.78, 5) is 0. The van der Waals surface area contributed by atoms with E-state index in [1.54, 1.807) is 19.2 Å². The lowest BCUT2D eigenvalue weighted by atomic mass is 10.2. The van der Waals surface area contributed by atoms with E-state index >= 15 is 0 Å². The van der Waals surface area contributed by atoms with Crippen LogP contribution in [-0.4, -0.2) is 7.11 Å². The zero-order valence-electron chi connectivity index (χ0n) is 9.44. The molecule has 0 aliphatic heterocycles. The van der Waals surface area contributed by atoms with E-state index in [1.165, 1.54) is 6.07 Å². The average molecular weight is 231 g/mol. The van der Waals surface area contributed by atoms with Crippen LogP contribution in [0.2, 0.25) is 0 Å². The lowest BCUT2D eigenvalue weighted by molar-refractivity contribution is 0.282. The van der Waals surface area contributed by atoms with E-state index in [4.69, 9.17) is 9.47 Å². The van der Waals surface area contributed by atoms with Gasteiger partial charge in [-0.15, -0.1) is 0 Å². The molecule has 0 heterocycles. The lowest BCUT2D eigenvalue weighted by Gasteiger charge is -2.10. The summed E-state index contributed by atoms with van der Waals surface area (Å²) in [6, 6.07) is 14.7. The number of benzene rings is 2. The minimum Gasteiger partial charge on any atom is -0.496 e. The standard InChI is InChI=1S/C14H12FO2/c1-16-13-8-4-2-6-11(13)10-17-14-9-5-3-7-12(14)15/h2-6,8-9H,10H2,1H3. The molecule has 0 saturated carbocycles. The first kappa shape index (κ1) is 11.5. The number of hydrogen-bond donors (Lipinski definition) is 0. The first-order valence-corrected chi connectivity index (χ1v) is 5.22. The highest BCUT2D eigenvalue weighted by Crippen LogP contribution is 2.21. The average Bonchev–Trinajstić information content (AvgIpc) is 2.38. The molecule has 2 aromatic carbocycles. The smallest absolute Gasteiger partial charge is 0.172 e. The van der Waals surface area contributed by atoms with Gasteiger partial charge in [-0.1, -0.05) is 30.3 Å². The highest BCUT2D eigenvalue weighted by molar-refractivity contribution is 5.33. The zero-order valence-corrected chi connectivity index (χ0v) is 9.44. The third-order valence-electron chi connectivity index (χ3n) is 2.35. The fourth-order valence-corrected chi connectivity index (χ4v) is 1.49. The molecule has 2 rings (SSSR count). The third-order valence-corrected chi connectivity index (χ3v) is 2.35. The van der Waals surface area contributed by atoms with E-state index in [9.17, 15) is 4.39 Å². The Kier molecular flexibility index (Phi) is 3.60. The predicted molar refractivity (Wildman–Crippen MR) is 62.6 cm³/mol. The number of ether oxygens (including phenoxy) is 2. The van der Waals surface area contributed by atoms with Gasteiger partial charge in [0.2, 0.25) is 0 Å². The highest BCUT2D eigenvalue weighted by atomic mass is 19.1. The van der Waals surface area contributed by atoms with Crippen LogP contribution >= 0.6 is 0 Å². The van der Waals surface area contributed by atoms with Gasteiger partial charge in [0.1, 0.15) is 12.4 Å². The molecule has 0 amide bonds. The summed E-state index contributed by atoms with van der Waals surface area (Å²) in [7, 11) is 1.59. The third kappa shape index (κ3) is 2.75. The molecule has 0 spiro atoms. The predicted octanol–water partition coefficient (Wildman–Crippen LogP) is 3.21. The molecule has 0 N–H and O–H groups in total. The van der Waals surface area contributed by atoms with Crippen molar-refractivity contribution in [2.75, 3.05) is 7.11 Å². The van der Waals surface area contributed by atoms with Crippen molar-refractivity contribution in [3.63, 3.8) is 0 Å². The molecule has 3 heteroatoms. The quantitative estimate of drug-likeness (QED) is 0.804.